The van der Waals surface area contributed by atoms with Crippen molar-refractivity contribution < 1.29 is 49.2 Å². The molecule has 0 unspecified atom stereocenters. The molecule has 0 saturated heterocycles. The number of non-ortho nitro benzene ring substituents is 1. The highest BCUT2D eigenvalue weighted by molar-refractivity contribution is 6.04. The Morgan fingerprint density at radius 3 is 1.74 bits per heavy atom. The van der Waals surface area contributed by atoms with Gasteiger partial charge in [0, 0.05) is 17.7 Å². The van der Waals surface area contributed by atoms with Crippen LogP contribution in [-0.4, -0.2) is 40.9 Å². The number of hydrogen-bond donors (Lipinski definition) is 0. The number of nitro benzene ring substituents is 1. The van der Waals surface area contributed by atoms with E-state index in [-0.39, 0.29) is 0 Å². The van der Waals surface area contributed by atoms with E-state index in [1.807, 2.05) is 0 Å². The van der Waals surface area contributed by atoms with Gasteiger partial charge in [-0.2, -0.15) is 44.5 Å². The Hall–Kier alpha value is -2.87. The second-order valence-electron chi connectivity index (χ2n) is 4.91. The molecule has 0 bridgehead atoms. The first-order valence-corrected chi connectivity index (χ1v) is 6.41. The third-order valence-electron chi connectivity index (χ3n) is 3.08. The molecule has 0 aliphatic carbocycles. The molecule has 148 valence electrons. The Balaban J connectivity index is 2.71. The zero-order chi connectivity index (χ0) is 20.8. The summed E-state index contributed by atoms with van der Waals surface area (Å²) in [4.78, 5) is 13.5. The SMILES string of the molecule is O=[N+]([O-])c1ccc(C2=NC(C(F)(F)F)(C(F)(F)F)N=C(C(F)(F)F)O2)cc1. The van der Waals surface area contributed by atoms with Crippen LogP contribution in [0.15, 0.2) is 34.3 Å². The van der Waals surface area contributed by atoms with Crippen molar-refractivity contribution in [3.8, 4) is 0 Å². The molecular weight excluding hydrogens is 405 g/mol. The average molecular weight is 409 g/mol. The normalized spacial score (nSPS) is 17.7. The molecule has 1 heterocycles. The fourth-order valence-electron chi connectivity index (χ4n) is 1.84. The predicted octanol–water partition coefficient (Wildman–Crippen LogP) is 4.15. The minimum Gasteiger partial charge on any atom is -0.416 e. The van der Waals surface area contributed by atoms with Crippen molar-refractivity contribution >= 4 is 17.5 Å². The lowest BCUT2D eigenvalue weighted by molar-refractivity contribution is -0.384. The first-order chi connectivity index (χ1) is 12.1. The van der Waals surface area contributed by atoms with Gasteiger partial charge in [-0.3, -0.25) is 10.1 Å². The van der Waals surface area contributed by atoms with Crippen molar-refractivity contribution in [2.75, 3.05) is 0 Å². The van der Waals surface area contributed by atoms with Gasteiger partial charge in [0.15, 0.2) is 0 Å². The highest BCUT2D eigenvalue weighted by Crippen LogP contribution is 2.49. The van der Waals surface area contributed by atoms with E-state index in [0.29, 0.717) is 24.3 Å². The van der Waals surface area contributed by atoms with Crippen molar-refractivity contribution in [2.45, 2.75) is 24.2 Å². The molecule has 0 saturated carbocycles. The quantitative estimate of drug-likeness (QED) is 0.418. The van der Waals surface area contributed by atoms with Crippen LogP contribution >= 0.6 is 0 Å². The molecule has 1 aliphatic rings. The second kappa shape index (κ2) is 6.09. The van der Waals surface area contributed by atoms with E-state index < -0.39 is 52.2 Å². The molecule has 15 heteroatoms. The van der Waals surface area contributed by atoms with Crippen LogP contribution in [-0.2, 0) is 4.74 Å². The Bertz CT molecular complexity index is 793. The van der Waals surface area contributed by atoms with Crippen LogP contribution in [0.3, 0.4) is 0 Å². The van der Waals surface area contributed by atoms with Crippen LogP contribution < -0.4 is 0 Å². The number of ether oxygens (including phenoxy) is 1. The number of alkyl halides is 9. The summed E-state index contributed by atoms with van der Waals surface area (Å²) in [7, 11) is 0. The lowest BCUT2D eigenvalue weighted by Crippen LogP contribution is -2.57. The number of nitro groups is 1. The molecule has 0 N–H and O–H groups in total. The third kappa shape index (κ3) is 3.66. The van der Waals surface area contributed by atoms with Crippen LogP contribution in [0.4, 0.5) is 45.2 Å². The molecule has 0 atom stereocenters. The van der Waals surface area contributed by atoms with Crippen molar-refractivity contribution in [3.05, 3.63) is 39.9 Å². The lowest BCUT2D eigenvalue weighted by Gasteiger charge is -2.34. The van der Waals surface area contributed by atoms with Crippen LogP contribution in [0.25, 0.3) is 0 Å². The van der Waals surface area contributed by atoms with Crippen LogP contribution in [0.1, 0.15) is 5.56 Å². The molecule has 2 rings (SSSR count). The molecule has 1 aromatic rings. The van der Waals surface area contributed by atoms with Gasteiger partial charge in [-0.25, -0.2) is 4.99 Å². The maximum Gasteiger partial charge on any atom is 0.468 e. The van der Waals surface area contributed by atoms with Crippen molar-refractivity contribution in [2.24, 2.45) is 9.98 Å². The Labute approximate surface area is 142 Å². The zero-order valence-electron chi connectivity index (χ0n) is 12.3. The molecule has 0 fully saturated rings. The van der Waals surface area contributed by atoms with Crippen LogP contribution in [0, 0.1) is 10.1 Å². The van der Waals surface area contributed by atoms with E-state index in [1.54, 1.807) is 4.99 Å². The molecule has 0 amide bonds. The van der Waals surface area contributed by atoms with Crippen molar-refractivity contribution in [1.82, 2.24) is 0 Å². The van der Waals surface area contributed by atoms with Gasteiger partial charge in [0.1, 0.15) is 0 Å². The molecule has 6 nitrogen and oxygen atoms in total. The van der Waals surface area contributed by atoms with E-state index in [4.69, 9.17) is 0 Å². The van der Waals surface area contributed by atoms with Crippen molar-refractivity contribution in [3.63, 3.8) is 0 Å². The van der Waals surface area contributed by atoms with Crippen LogP contribution in [0.2, 0.25) is 0 Å². The molecule has 0 radical (unpaired) electrons. The predicted molar refractivity (Wildman–Crippen MR) is 69.0 cm³/mol. The van der Waals surface area contributed by atoms with Gasteiger partial charge in [-0.1, -0.05) is 0 Å². The summed E-state index contributed by atoms with van der Waals surface area (Å²) in [5, 5.41) is 10.5. The Morgan fingerprint density at radius 1 is 0.889 bits per heavy atom. The minimum absolute atomic E-state index is 0.577. The number of halogens is 9. The Morgan fingerprint density at radius 2 is 1.37 bits per heavy atom. The van der Waals surface area contributed by atoms with E-state index >= 15 is 0 Å². The van der Waals surface area contributed by atoms with Gasteiger partial charge in [0.2, 0.25) is 5.90 Å². The number of rotatable bonds is 2. The van der Waals surface area contributed by atoms with E-state index in [0.717, 1.165) is 0 Å². The minimum atomic E-state index is -6.39. The fourth-order valence-corrected chi connectivity index (χ4v) is 1.84. The smallest absolute Gasteiger partial charge is 0.416 e. The fraction of sp³-hybridized carbons (Fsp3) is 0.333. The first-order valence-electron chi connectivity index (χ1n) is 6.41. The summed E-state index contributed by atoms with van der Waals surface area (Å²) < 4.78 is 121. The van der Waals surface area contributed by atoms with Crippen molar-refractivity contribution in [1.29, 1.82) is 0 Å². The molecule has 27 heavy (non-hydrogen) atoms. The monoisotopic (exact) mass is 409 g/mol. The average Bonchev–Trinajstić information content (AvgIpc) is 2.51. The summed E-state index contributed by atoms with van der Waals surface area (Å²) >= 11 is 0. The summed E-state index contributed by atoms with van der Waals surface area (Å²) in [6.45, 7) is 0. The summed E-state index contributed by atoms with van der Waals surface area (Å²) in [6, 6.07) is 2.41. The van der Waals surface area contributed by atoms with Gasteiger partial charge in [-0.05, 0) is 12.1 Å². The number of hydrogen-bond acceptors (Lipinski definition) is 5. The molecule has 0 spiro atoms. The first kappa shape index (κ1) is 20.4. The summed E-state index contributed by atoms with van der Waals surface area (Å²) in [5.41, 5.74) is -6.88. The van der Waals surface area contributed by atoms with Gasteiger partial charge in [0.25, 0.3) is 5.69 Å². The van der Waals surface area contributed by atoms with Crippen LogP contribution in [0.5, 0.6) is 0 Å². The highest BCUT2D eigenvalue weighted by atomic mass is 19.4. The Kier molecular flexibility index (Phi) is 4.61. The summed E-state index contributed by atoms with van der Waals surface area (Å²) in [6.07, 6.45) is -18.6. The van der Waals surface area contributed by atoms with Gasteiger partial charge in [0.05, 0.1) is 4.92 Å². The van der Waals surface area contributed by atoms with Gasteiger partial charge >= 0.3 is 30.1 Å². The third-order valence-corrected chi connectivity index (χ3v) is 3.08. The van der Waals surface area contributed by atoms with Gasteiger partial charge < -0.3 is 4.74 Å². The van der Waals surface area contributed by atoms with E-state index in [9.17, 15) is 49.6 Å². The molecule has 0 aromatic heterocycles. The number of benzene rings is 1. The van der Waals surface area contributed by atoms with Gasteiger partial charge in [-0.15, -0.1) is 0 Å². The number of nitrogens with zero attached hydrogens (tertiary/aromatic N) is 3. The molecule has 1 aliphatic heterocycles. The largest absolute Gasteiger partial charge is 0.468 e. The maximum absolute atomic E-state index is 13.1. The zero-order valence-corrected chi connectivity index (χ0v) is 12.3. The standard InChI is InChI=1S/C12H4F9N3O3/c13-9(14,15)8-23-10(11(16,17)18,12(19,20)21)22-7(27-8)5-1-3-6(4-2-5)24(25)26/h1-4H. The van der Waals surface area contributed by atoms with E-state index in [1.165, 1.54) is 0 Å². The number of aliphatic imine (C=N–C) groups is 2. The molecule has 1 aromatic carbocycles. The second-order valence-corrected chi connectivity index (χ2v) is 4.91. The maximum atomic E-state index is 13.1. The topological polar surface area (TPSA) is 77.1 Å². The summed E-state index contributed by atoms with van der Waals surface area (Å²) in [5.74, 6) is -4.53. The highest BCUT2D eigenvalue weighted by Gasteiger charge is 2.74. The molecular formula is C12H4F9N3O3. The van der Waals surface area contributed by atoms with E-state index in [2.05, 4.69) is 9.73 Å². The lowest BCUT2D eigenvalue weighted by atomic mass is 10.1.